The van der Waals surface area contributed by atoms with Crippen molar-refractivity contribution in [2.45, 2.75) is 50.9 Å². The molecule has 2 N–H and O–H groups in total. The summed E-state index contributed by atoms with van der Waals surface area (Å²) in [6.07, 6.45) is 12.8. The van der Waals surface area contributed by atoms with Gasteiger partial charge in [-0.3, -0.25) is 10.2 Å². The van der Waals surface area contributed by atoms with Gasteiger partial charge in [0, 0.05) is 30.9 Å². The molecule has 0 saturated carbocycles. The minimum Gasteiger partial charge on any atom is -0.338 e. The molecule has 2 aliphatic rings. The lowest BCUT2D eigenvalue weighted by Gasteiger charge is -2.31. The number of amides is 3. The Kier molecular flexibility index (Phi) is 6.73. The van der Waals surface area contributed by atoms with Crippen LogP contribution in [-0.2, 0) is 0 Å². The summed E-state index contributed by atoms with van der Waals surface area (Å²) >= 11 is 1.50. The number of nitrogens with one attached hydrogen (secondary N) is 2. The summed E-state index contributed by atoms with van der Waals surface area (Å²) in [6.45, 7) is 2.13. The van der Waals surface area contributed by atoms with Crippen LogP contribution < -0.4 is 10.7 Å². The lowest BCUT2D eigenvalue weighted by Crippen LogP contribution is -2.44. The summed E-state index contributed by atoms with van der Waals surface area (Å²) in [5, 5.41) is 13.1. The molecule has 30 heavy (non-hydrogen) atoms. The zero-order valence-corrected chi connectivity index (χ0v) is 17.7. The van der Waals surface area contributed by atoms with Gasteiger partial charge in [0.15, 0.2) is 0 Å². The summed E-state index contributed by atoms with van der Waals surface area (Å²) in [5.74, 6) is -0.00917. The first-order valence-electron chi connectivity index (χ1n) is 10.5. The lowest BCUT2D eigenvalue weighted by atomic mass is 9.97. The van der Waals surface area contributed by atoms with E-state index in [1.54, 1.807) is 5.38 Å². The summed E-state index contributed by atoms with van der Waals surface area (Å²) in [5.41, 5.74) is 4.52. The van der Waals surface area contributed by atoms with Gasteiger partial charge in [-0.05, 0) is 44.9 Å². The molecule has 0 bridgehead atoms. The zero-order valence-electron chi connectivity index (χ0n) is 16.9. The number of carbonyl (C=O) groups is 2. The van der Waals surface area contributed by atoms with Crippen LogP contribution in [0, 0.1) is 0 Å². The Bertz CT molecular complexity index is 885. The van der Waals surface area contributed by atoms with E-state index in [0.717, 1.165) is 24.3 Å². The molecule has 160 valence electrons. The number of hydrogen-bond donors (Lipinski definition) is 2. The standard InChI is InChI=1S/C20H27N7O2S/c28-18(25-27-13-22-23-14-27)17-12-30-19(24-17)16-7-10-26(11-8-16)20(29)21-9-6-15-4-2-1-3-5-15/h4,12-14,16H,1-3,5-11H2,(H,21,29)(H,25,28). The molecule has 0 radical (unpaired) electrons. The molecule has 1 aliphatic carbocycles. The number of aromatic nitrogens is 4. The third-order valence-electron chi connectivity index (χ3n) is 5.64. The fourth-order valence-corrected chi connectivity index (χ4v) is 4.89. The topological polar surface area (TPSA) is 105 Å². The molecule has 0 aromatic carbocycles. The maximum Gasteiger partial charge on any atom is 0.317 e. The summed E-state index contributed by atoms with van der Waals surface area (Å²) < 4.78 is 1.39. The Morgan fingerprint density at radius 2 is 1.97 bits per heavy atom. The van der Waals surface area contributed by atoms with E-state index >= 15 is 0 Å². The SMILES string of the molecule is O=C(Nn1cnnc1)c1csc(C2CCN(C(=O)NCCC3=CCCCC3)CC2)n1. The van der Waals surface area contributed by atoms with Gasteiger partial charge in [0.2, 0.25) is 0 Å². The van der Waals surface area contributed by atoms with Crippen molar-refractivity contribution < 1.29 is 9.59 Å². The number of carbonyl (C=O) groups excluding carboxylic acids is 2. The Hall–Kier alpha value is -2.75. The van der Waals surface area contributed by atoms with E-state index in [-0.39, 0.29) is 17.9 Å². The van der Waals surface area contributed by atoms with Gasteiger partial charge < -0.3 is 10.2 Å². The first-order chi connectivity index (χ1) is 14.7. The fourth-order valence-electron chi connectivity index (χ4n) is 3.92. The van der Waals surface area contributed by atoms with E-state index in [2.05, 4.69) is 32.0 Å². The normalized spacial score (nSPS) is 17.5. The molecule has 0 unspecified atom stereocenters. The fraction of sp³-hybridized carbons (Fsp3) is 0.550. The number of hydrogen-bond acceptors (Lipinski definition) is 6. The Balaban J connectivity index is 1.21. The van der Waals surface area contributed by atoms with E-state index < -0.39 is 0 Å². The second-order valence-electron chi connectivity index (χ2n) is 7.73. The van der Waals surface area contributed by atoms with Gasteiger partial charge in [-0.2, -0.15) is 0 Å². The van der Waals surface area contributed by atoms with Gasteiger partial charge in [0.25, 0.3) is 5.91 Å². The molecule has 0 atom stereocenters. The average molecular weight is 430 g/mol. The van der Waals surface area contributed by atoms with Gasteiger partial charge in [0.1, 0.15) is 18.3 Å². The molecule has 4 rings (SSSR count). The molecule has 1 fully saturated rings. The third-order valence-corrected chi connectivity index (χ3v) is 6.65. The van der Waals surface area contributed by atoms with Crippen molar-refractivity contribution in [3.63, 3.8) is 0 Å². The van der Waals surface area contributed by atoms with Crippen LogP contribution in [0.15, 0.2) is 29.7 Å². The van der Waals surface area contributed by atoms with Crippen molar-refractivity contribution in [3.8, 4) is 0 Å². The number of likely N-dealkylation sites (tertiary alicyclic amines) is 1. The first kappa shape index (κ1) is 20.5. The van der Waals surface area contributed by atoms with Crippen molar-refractivity contribution in [3.05, 3.63) is 40.4 Å². The van der Waals surface area contributed by atoms with Crippen LogP contribution in [0.25, 0.3) is 0 Å². The van der Waals surface area contributed by atoms with E-state index in [1.165, 1.54) is 59.9 Å². The Morgan fingerprint density at radius 3 is 2.70 bits per heavy atom. The smallest absolute Gasteiger partial charge is 0.317 e. The molecule has 1 aliphatic heterocycles. The average Bonchev–Trinajstić information content (AvgIpc) is 3.47. The van der Waals surface area contributed by atoms with E-state index in [1.807, 2.05) is 4.90 Å². The molecule has 3 heterocycles. The van der Waals surface area contributed by atoms with E-state index in [4.69, 9.17) is 0 Å². The molecule has 0 spiro atoms. The number of thiazole rings is 1. The highest BCUT2D eigenvalue weighted by atomic mass is 32.1. The van der Waals surface area contributed by atoms with Gasteiger partial charge in [-0.15, -0.1) is 21.5 Å². The van der Waals surface area contributed by atoms with Crippen LogP contribution in [0.2, 0.25) is 0 Å². The monoisotopic (exact) mass is 429 g/mol. The molecule has 9 nitrogen and oxygen atoms in total. The summed E-state index contributed by atoms with van der Waals surface area (Å²) in [4.78, 5) is 31.1. The second-order valence-corrected chi connectivity index (χ2v) is 8.62. The van der Waals surface area contributed by atoms with Crippen molar-refractivity contribution in [2.75, 3.05) is 25.1 Å². The molecule has 2 aromatic heterocycles. The largest absolute Gasteiger partial charge is 0.338 e. The van der Waals surface area contributed by atoms with Crippen LogP contribution >= 0.6 is 11.3 Å². The number of urea groups is 1. The Morgan fingerprint density at radius 1 is 1.17 bits per heavy atom. The highest BCUT2D eigenvalue weighted by Gasteiger charge is 2.26. The van der Waals surface area contributed by atoms with Gasteiger partial charge in [0.05, 0.1) is 5.01 Å². The van der Waals surface area contributed by atoms with Crippen LogP contribution in [0.5, 0.6) is 0 Å². The van der Waals surface area contributed by atoms with Crippen LogP contribution in [0.1, 0.15) is 66.4 Å². The van der Waals surface area contributed by atoms with Gasteiger partial charge >= 0.3 is 6.03 Å². The van der Waals surface area contributed by atoms with Crippen molar-refractivity contribution in [1.82, 2.24) is 30.1 Å². The minimum atomic E-state index is -0.290. The number of allylic oxidation sites excluding steroid dienone is 1. The molecule has 1 saturated heterocycles. The zero-order chi connectivity index (χ0) is 20.8. The molecular weight excluding hydrogens is 402 g/mol. The second kappa shape index (κ2) is 9.84. The van der Waals surface area contributed by atoms with E-state index in [0.29, 0.717) is 25.3 Å². The molecule has 2 aromatic rings. The molecular formula is C20H27N7O2S. The maximum absolute atomic E-state index is 12.4. The number of nitrogens with zero attached hydrogens (tertiary/aromatic N) is 5. The van der Waals surface area contributed by atoms with Gasteiger partial charge in [-0.1, -0.05) is 11.6 Å². The predicted molar refractivity (Wildman–Crippen MR) is 114 cm³/mol. The molecule has 3 amide bonds. The number of piperidine rings is 1. The van der Waals surface area contributed by atoms with Crippen molar-refractivity contribution in [2.24, 2.45) is 0 Å². The van der Waals surface area contributed by atoms with Gasteiger partial charge in [-0.25, -0.2) is 14.5 Å². The third kappa shape index (κ3) is 5.24. The highest BCUT2D eigenvalue weighted by Crippen LogP contribution is 2.30. The summed E-state index contributed by atoms with van der Waals surface area (Å²) in [7, 11) is 0. The van der Waals surface area contributed by atoms with Crippen LogP contribution in [0.4, 0.5) is 4.79 Å². The summed E-state index contributed by atoms with van der Waals surface area (Å²) in [6, 6.07) is 0.0259. The predicted octanol–water partition coefficient (Wildman–Crippen LogP) is 2.90. The van der Waals surface area contributed by atoms with Crippen molar-refractivity contribution in [1.29, 1.82) is 0 Å². The van der Waals surface area contributed by atoms with Crippen LogP contribution in [-0.4, -0.2) is 56.3 Å². The maximum atomic E-state index is 12.4. The number of rotatable bonds is 6. The molecule has 10 heteroatoms. The van der Waals surface area contributed by atoms with Crippen molar-refractivity contribution >= 4 is 23.3 Å². The Labute approximate surface area is 179 Å². The highest BCUT2D eigenvalue weighted by molar-refractivity contribution is 7.09. The minimum absolute atomic E-state index is 0.0259. The first-order valence-corrected chi connectivity index (χ1v) is 11.4. The lowest BCUT2D eigenvalue weighted by molar-refractivity contribution is 0.100. The van der Waals surface area contributed by atoms with E-state index in [9.17, 15) is 9.59 Å². The quantitative estimate of drug-likeness (QED) is 0.687. The van der Waals surface area contributed by atoms with Crippen LogP contribution in [0.3, 0.4) is 0 Å².